The third-order valence-corrected chi connectivity index (χ3v) is 3.04. The number of nitrogens with zero attached hydrogens (tertiary/aromatic N) is 2. The molecule has 0 unspecified atom stereocenters. The number of nitrogens with one attached hydrogen (secondary N) is 1. The van der Waals surface area contributed by atoms with E-state index >= 15 is 0 Å². The SMILES string of the molecule is COCCn1cc(NC(=O)[C@H](N)CCSC)cn1. The first-order valence-electron chi connectivity index (χ1n) is 5.74. The Kier molecular flexibility index (Phi) is 6.77. The molecular weight excluding hydrogens is 252 g/mol. The van der Waals surface area contributed by atoms with Crippen LogP contribution in [0.25, 0.3) is 0 Å². The number of aromatic nitrogens is 2. The van der Waals surface area contributed by atoms with Crippen molar-refractivity contribution in [2.45, 2.75) is 19.0 Å². The second kappa shape index (κ2) is 8.12. The maximum absolute atomic E-state index is 11.7. The van der Waals surface area contributed by atoms with Gasteiger partial charge in [0.1, 0.15) is 0 Å². The number of hydrogen-bond acceptors (Lipinski definition) is 5. The molecule has 0 fully saturated rings. The summed E-state index contributed by atoms with van der Waals surface area (Å²) >= 11 is 1.68. The number of ether oxygens (including phenoxy) is 1. The summed E-state index contributed by atoms with van der Waals surface area (Å²) in [5, 5.41) is 6.86. The van der Waals surface area contributed by atoms with Gasteiger partial charge in [-0.15, -0.1) is 0 Å². The molecule has 1 rings (SSSR count). The summed E-state index contributed by atoms with van der Waals surface area (Å²) in [6.07, 6.45) is 6.03. The lowest BCUT2D eigenvalue weighted by atomic mass is 10.2. The third kappa shape index (κ3) is 5.07. The highest BCUT2D eigenvalue weighted by molar-refractivity contribution is 7.98. The van der Waals surface area contributed by atoms with Crippen LogP contribution in [0.3, 0.4) is 0 Å². The highest BCUT2D eigenvalue weighted by Crippen LogP contribution is 2.07. The number of methoxy groups -OCH3 is 1. The molecule has 0 aliphatic carbocycles. The van der Waals surface area contributed by atoms with Crippen molar-refractivity contribution in [1.29, 1.82) is 0 Å². The van der Waals surface area contributed by atoms with Gasteiger partial charge in [-0.1, -0.05) is 0 Å². The van der Waals surface area contributed by atoms with E-state index < -0.39 is 6.04 Å². The van der Waals surface area contributed by atoms with E-state index in [1.54, 1.807) is 35.9 Å². The predicted octanol–water partition coefficient (Wildman–Crippen LogP) is 0.548. The molecule has 0 aromatic carbocycles. The van der Waals surface area contributed by atoms with Crippen molar-refractivity contribution in [3.63, 3.8) is 0 Å². The molecular formula is C11H20N4O2S. The van der Waals surface area contributed by atoms with E-state index in [0.29, 0.717) is 25.3 Å². The predicted molar refractivity (Wildman–Crippen MR) is 73.7 cm³/mol. The largest absolute Gasteiger partial charge is 0.383 e. The number of thioether (sulfide) groups is 1. The van der Waals surface area contributed by atoms with Gasteiger partial charge < -0.3 is 15.8 Å². The van der Waals surface area contributed by atoms with Crippen molar-refractivity contribution in [1.82, 2.24) is 9.78 Å². The molecule has 0 saturated heterocycles. The van der Waals surface area contributed by atoms with E-state index in [1.807, 2.05) is 6.26 Å². The summed E-state index contributed by atoms with van der Waals surface area (Å²) < 4.78 is 6.66. The molecule has 0 aliphatic rings. The van der Waals surface area contributed by atoms with Crippen molar-refractivity contribution < 1.29 is 9.53 Å². The zero-order valence-electron chi connectivity index (χ0n) is 10.8. The lowest BCUT2D eigenvalue weighted by molar-refractivity contribution is -0.117. The lowest BCUT2D eigenvalue weighted by Crippen LogP contribution is -2.35. The summed E-state index contributed by atoms with van der Waals surface area (Å²) in [7, 11) is 1.64. The second-order valence-electron chi connectivity index (χ2n) is 3.86. The van der Waals surface area contributed by atoms with Crippen molar-refractivity contribution in [2.75, 3.05) is 31.0 Å². The van der Waals surface area contributed by atoms with Gasteiger partial charge in [0.2, 0.25) is 5.91 Å². The van der Waals surface area contributed by atoms with Crippen molar-refractivity contribution in [3.05, 3.63) is 12.4 Å². The minimum atomic E-state index is -0.472. The van der Waals surface area contributed by atoms with Crippen molar-refractivity contribution in [3.8, 4) is 0 Å². The van der Waals surface area contributed by atoms with Crippen LogP contribution in [0, 0.1) is 0 Å². The summed E-state index contributed by atoms with van der Waals surface area (Å²) in [5.41, 5.74) is 6.43. The Morgan fingerprint density at radius 1 is 1.72 bits per heavy atom. The van der Waals surface area contributed by atoms with Gasteiger partial charge in [0.05, 0.1) is 31.1 Å². The molecule has 1 aromatic rings. The first kappa shape index (κ1) is 15.0. The molecule has 1 amide bonds. The number of carbonyl (C=O) groups excluding carboxylic acids is 1. The van der Waals surface area contributed by atoms with Crippen LogP contribution >= 0.6 is 11.8 Å². The maximum Gasteiger partial charge on any atom is 0.241 e. The van der Waals surface area contributed by atoms with Gasteiger partial charge in [-0.25, -0.2) is 0 Å². The van der Waals surface area contributed by atoms with E-state index in [4.69, 9.17) is 10.5 Å². The summed E-state index contributed by atoms with van der Waals surface area (Å²) in [6, 6.07) is -0.472. The normalized spacial score (nSPS) is 12.4. The average Bonchev–Trinajstić information content (AvgIpc) is 2.80. The van der Waals surface area contributed by atoms with Crippen molar-refractivity contribution in [2.24, 2.45) is 5.73 Å². The van der Waals surface area contributed by atoms with E-state index in [9.17, 15) is 4.79 Å². The second-order valence-corrected chi connectivity index (χ2v) is 4.85. The Morgan fingerprint density at radius 3 is 3.17 bits per heavy atom. The molecule has 102 valence electrons. The number of hydrogen-bond donors (Lipinski definition) is 2. The van der Waals surface area contributed by atoms with Crippen LogP contribution in [-0.2, 0) is 16.1 Å². The molecule has 0 saturated carbocycles. The maximum atomic E-state index is 11.7. The molecule has 0 radical (unpaired) electrons. The van der Waals surface area contributed by atoms with Crippen LogP contribution in [0.1, 0.15) is 6.42 Å². The van der Waals surface area contributed by atoms with Gasteiger partial charge in [-0.3, -0.25) is 9.48 Å². The van der Waals surface area contributed by atoms with Crippen LogP contribution in [0.4, 0.5) is 5.69 Å². The fraction of sp³-hybridized carbons (Fsp3) is 0.636. The molecule has 1 aromatic heterocycles. The van der Waals surface area contributed by atoms with Crippen LogP contribution in [0.5, 0.6) is 0 Å². The molecule has 0 spiro atoms. The monoisotopic (exact) mass is 272 g/mol. The Hall–Kier alpha value is -1.05. The summed E-state index contributed by atoms with van der Waals surface area (Å²) in [6.45, 7) is 1.24. The zero-order chi connectivity index (χ0) is 13.4. The van der Waals surface area contributed by atoms with E-state index in [2.05, 4.69) is 10.4 Å². The molecule has 18 heavy (non-hydrogen) atoms. The molecule has 3 N–H and O–H groups in total. The van der Waals surface area contributed by atoms with E-state index in [0.717, 1.165) is 5.75 Å². The molecule has 6 nitrogen and oxygen atoms in total. The Balaban J connectivity index is 2.41. The van der Waals surface area contributed by atoms with E-state index in [1.165, 1.54) is 0 Å². The first-order valence-corrected chi connectivity index (χ1v) is 7.13. The van der Waals surface area contributed by atoms with Gasteiger partial charge in [-0.05, 0) is 18.4 Å². The fourth-order valence-electron chi connectivity index (χ4n) is 1.35. The quantitative estimate of drug-likeness (QED) is 0.722. The molecule has 0 aliphatic heterocycles. The summed E-state index contributed by atoms with van der Waals surface area (Å²) in [5.74, 6) is 0.706. The number of nitrogens with two attached hydrogens (primary N) is 1. The van der Waals surface area contributed by atoms with Crippen LogP contribution in [0.2, 0.25) is 0 Å². The van der Waals surface area contributed by atoms with Gasteiger partial charge in [0.25, 0.3) is 0 Å². The summed E-state index contributed by atoms with van der Waals surface area (Å²) in [4.78, 5) is 11.7. The van der Waals surface area contributed by atoms with Crippen molar-refractivity contribution >= 4 is 23.4 Å². The topological polar surface area (TPSA) is 82.2 Å². The molecule has 1 atom stereocenters. The molecule has 0 bridgehead atoms. The van der Waals surface area contributed by atoms with Gasteiger partial charge in [0, 0.05) is 13.3 Å². The first-order chi connectivity index (χ1) is 8.67. The van der Waals surface area contributed by atoms with Gasteiger partial charge in [0.15, 0.2) is 0 Å². The standard InChI is InChI=1S/C11H20N4O2S/c1-17-5-4-15-8-9(7-13-15)14-11(16)10(12)3-6-18-2/h7-8,10H,3-6,12H2,1-2H3,(H,14,16)/t10-/m1/s1. The highest BCUT2D eigenvalue weighted by Gasteiger charge is 2.13. The van der Waals surface area contributed by atoms with E-state index in [-0.39, 0.29) is 5.91 Å². The number of anilines is 1. The van der Waals surface area contributed by atoms with Crippen LogP contribution in [0.15, 0.2) is 12.4 Å². The fourth-order valence-corrected chi connectivity index (χ4v) is 1.84. The Morgan fingerprint density at radius 2 is 2.50 bits per heavy atom. The zero-order valence-corrected chi connectivity index (χ0v) is 11.6. The van der Waals surface area contributed by atoms with Crippen LogP contribution in [-0.4, -0.2) is 47.5 Å². The number of carbonyl (C=O) groups is 1. The average molecular weight is 272 g/mol. The lowest BCUT2D eigenvalue weighted by Gasteiger charge is -2.09. The van der Waals surface area contributed by atoms with Gasteiger partial charge >= 0.3 is 0 Å². The Bertz CT molecular complexity index is 370. The number of rotatable bonds is 8. The third-order valence-electron chi connectivity index (χ3n) is 2.40. The number of amides is 1. The minimum Gasteiger partial charge on any atom is -0.383 e. The molecule has 1 heterocycles. The molecule has 7 heteroatoms. The van der Waals surface area contributed by atoms with Gasteiger partial charge in [-0.2, -0.15) is 16.9 Å². The minimum absolute atomic E-state index is 0.171. The smallest absolute Gasteiger partial charge is 0.241 e. The highest BCUT2D eigenvalue weighted by atomic mass is 32.2. The van der Waals surface area contributed by atoms with Crippen LogP contribution < -0.4 is 11.1 Å². The Labute approximate surface area is 111 Å².